The van der Waals surface area contributed by atoms with Crippen molar-refractivity contribution in [2.45, 2.75) is 6.92 Å². The van der Waals surface area contributed by atoms with Gasteiger partial charge in [-0.1, -0.05) is 23.7 Å². The van der Waals surface area contributed by atoms with E-state index in [1.807, 2.05) is 25.1 Å². The molecule has 3 rings (SSSR count). The maximum Gasteiger partial charge on any atom is 0.225 e. The minimum absolute atomic E-state index is 0.545. The van der Waals surface area contributed by atoms with Crippen molar-refractivity contribution in [3.05, 3.63) is 35.0 Å². The van der Waals surface area contributed by atoms with Gasteiger partial charge in [-0.15, -0.1) is 0 Å². The fourth-order valence-corrected chi connectivity index (χ4v) is 2.09. The second kappa shape index (κ2) is 4.51. The maximum absolute atomic E-state index is 6.18. The van der Waals surface area contributed by atoms with E-state index in [1.165, 1.54) is 0 Å². The fourth-order valence-electron chi connectivity index (χ4n) is 1.91. The molecule has 2 N–H and O–H groups in total. The van der Waals surface area contributed by atoms with Crippen molar-refractivity contribution in [3.8, 4) is 11.3 Å². The van der Waals surface area contributed by atoms with Crippen LogP contribution in [0, 0.1) is 6.92 Å². The van der Waals surface area contributed by atoms with Gasteiger partial charge in [0.2, 0.25) is 5.95 Å². The highest BCUT2D eigenvalue weighted by Gasteiger charge is 2.11. The number of aromatic amines is 1. The van der Waals surface area contributed by atoms with Crippen LogP contribution in [-0.2, 0) is 0 Å². The molecule has 19 heavy (non-hydrogen) atoms. The molecule has 0 amide bonds. The smallest absolute Gasteiger partial charge is 0.225 e. The highest BCUT2D eigenvalue weighted by atomic mass is 35.5. The van der Waals surface area contributed by atoms with E-state index in [0.29, 0.717) is 11.6 Å². The van der Waals surface area contributed by atoms with Crippen LogP contribution in [0.4, 0.5) is 5.95 Å². The van der Waals surface area contributed by atoms with Crippen molar-refractivity contribution in [2.24, 2.45) is 0 Å². The highest BCUT2D eigenvalue weighted by Crippen LogP contribution is 2.29. The molecule has 2 aromatic heterocycles. The summed E-state index contributed by atoms with van der Waals surface area (Å²) in [5, 5.41) is 11.4. The number of aryl methyl sites for hydroxylation is 1. The van der Waals surface area contributed by atoms with Crippen LogP contribution in [0.2, 0.25) is 5.02 Å². The molecular weight excluding hydrogens is 262 g/mol. The largest absolute Gasteiger partial charge is 0.357 e. The van der Waals surface area contributed by atoms with Crippen molar-refractivity contribution in [1.82, 2.24) is 20.2 Å². The Balaban J connectivity index is 2.27. The van der Waals surface area contributed by atoms with E-state index in [0.717, 1.165) is 27.2 Å². The Labute approximate surface area is 115 Å². The number of nitrogens with one attached hydrogen (secondary N) is 2. The van der Waals surface area contributed by atoms with E-state index in [-0.39, 0.29) is 0 Å². The minimum atomic E-state index is 0.545. The number of hydrogen-bond acceptors (Lipinski definition) is 4. The summed E-state index contributed by atoms with van der Waals surface area (Å²) in [5.41, 5.74) is 3.49. The first-order valence-electron chi connectivity index (χ1n) is 5.84. The minimum Gasteiger partial charge on any atom is -0.357 e. The van der Waals surface area contributed by atoms with Gasteiger partial charge in [0.1, 0.15) is 0 Å². The van der Waals surface area contributed by atoms with Crippen LogP contribution in [0.15, 0.2) is 24.4 Å². The number of H-pyrrole nitrogens is 1. The first kappa shape index (κ1) is 11.9. The van der Waals surface area contributed by atoms with Crippen LogP contribution in [0.25, 0.3) is 22.3 Å². The average molecular weight is 274 g/mol. The van der Waals surface area contributed by atoms with Gasteiger partial charge in [0.15, 0.2) is 5.65 Å². The molecule has 6 heteroatoms. The number of hydrogen-bond donors (Lipinski definition) is 2. The van der Waals surface area contributed by atoms with Crippen molar-refractivity contribution in [3.63, 3.8) is 0 Å². The lowest BCUT2D eigenvalue weighted by molar-refractivity contribution is 1.09. The molecule has 0 saturated heterocycles. The van der Waals surface area contributed by atoms with Gasteiger partial charge in [-0.05, 0) is 18.6 Å². The number of rotatable bonds is 2. The summed E-state index contributed by atoms with van der Waals surface area (Å²) in [6, 6.07) is 5.88. The van der Waals surface area contributed by atoms with E-state index in [4.69, 9.17) is 11.6 Å². The summed E-state index contributed by atoms with van der Waals surface area (Å²) in [6.07, 6.45) is 1.72. The molecule has 3 aromatic rings. The molecule has 0 fully saturated rings. The van der Waals surface area contributed by atoms with E-state index in [2.05, 4.69) is 25.5 Å². The Morgan fingerprint density at radius 2 is 2.11 bits per heavy atom. The standard InChI is InChI=1S/C13H12ClN5/c1-7-3-4-8(5-10(7)14)11-9-6-16-19-12(9)18-13(15-2)17-11/h3-6H,1-2H3,(H2,15,16,17,18,19). The first-order chi connectivity index (χ1) is 9.19. The molecule has 0 aliphatic rings. The third-order valence-electron chi connectivity index (χ3n) is 2.98. The molecule has 0 aliphatic heterocycles. The zero-order chi connectivity index (χ0) is 13.4. The predicted octanol–water partition coefficient (Wildman–Crippen LogP) is 3.02. The van der Waals surface area contributed by atoms with Gasteiger partial charge in [-0.25, -0.2) is 4.98 Å². The molecule has 0 spiro atoms. The molecular formula is C13H12ClN5. The normalized spacial score (nSPS) is 10.9. The number of benzene rings is 1. The highest BCUT2D eigenvalue weighted by molar-refractivity contribution is 6.31. The van der Waals surface area contributed by atoms with Crippen molar-refractivity contribution in [2.75, 3.05) is 12.4 Å². The number of aromatic nitrogens is 4. The molecule has 5 nitrogen and oxygen atoms in total. The van der Waals surface area contributed by atoms with Gasteiger partial charge >= 0.3 is 0 Å². The van der Waals surface area contributed by atoms with E-state index in [1.54, 1.807) is 13.2 Å². The SMILES string of the molecule is CNc1nc(-c2ccc(C)c(Cl)c2)c2cn[nH]c2n1. The number of anilines is 1. The first-order valence-corrected chi connectivity index (χ1v) is 6.22. The third kappa shape index (κ3) is 2.02. The van der Waals surface area contributed by atoms with Gasteiger partial charge < -0.3 is 5.32 Å². The maximum atomic E-state index is 6.18. The number of halogens is 1. The second-order valence-electron chi connectivity index (χ2n) is 4.24. The molecule has 0 bridgehead atoms. The summed E-state index contributed by atoms with van der Waals surface area (Å²) < 4.78 is 0. The lowest BCUT2D eigenvalue weighted by Gasteiger charge is -2.07. The van der Waals surface area contributed by atoms with Crippen LogP contribution >= 0.6 is 11.6 Å². The molecule has 0 saturated carbocycles. The van der Waals surface area contributed by atoms with E-state index in [9.17, 15) is 0 Å². The Morgan fingerprint density at radius 3 is 2.84 bits per heavy atom. The van der Waals surface area contributed by atoms with Crippen LogP contribution < -0.4 is 5.32 Å². The zero-order valence-electron chi connectivity index (χ0n) is 10.5. The second-order valence-corrected chi connectivity index (χ2v) is 4.65. The number of nitrogens with zero attached hydrogens (tertiary/aromatic N) is 3. The van der Waals surface area contributed by atoms with E-state index >= 15 is 0 Å². The molecule has 1 aromatic carbocycles. The lowest BCUT2D eigenvalue weighted by Crippen LogP contribution is -1.98. The van der Waals surface area contributed by atoms with Gasteiger partial charge in [0, 0.05) is 17.6 Å². The quantitative estimate of drug-likeness (QED) is 0.753. The topological polar surface area (TPSA) is 66.5 Å². The molecule has 0 aliphatic carbocycles. The van der Waals surface area contributed by atoms with Crippen LogP contribution in [0.5, 0.6) is 0 Å². The Hall–Kier alpha value is -2.14. The summed E-state index contributed by atoms with van der Waals surface area (Å²) >= 11 is 6.18. The van der Waals surface area contributed by atoms with Crippen LogP contribution in [0.3, 0.4) is 0 Å². The van der Waals surface area contributed by atoms with Gasteiger partial charge in [0.05, 0.1) is 17.3 Å². The van der Waals surface area contributed by atoms with Gasteiger partial charge in [-0.3, -0.25) is 5.10 Å². The number of fused-ring (bicyclic) bond motifs is 1. The van der Waals surface area contributed by atoms with Crippen molar-refractivity contribution in [1.29, 1.82) is 0 Å². The molecule has 0 atom stereocenters. The Bertz CT molecular complexity index is 750. The van der Waals surface area contributed by atoms with Gasteiger partial charge in [-0.2, -0.15) is 10.1 Å². The van der Waals surface area contributed by atoms with Crippen LogP contribution in [-0.4, -0.2) is 27.2 Å². The molecule has 0 radical (unpaired) electrons. The monoisotopic (exact) mass is 273 g/mol. The summed E-state index contributed by atoms with van der Waals surface area (Å²) in [7, 11) is 1.78. The predicted molar refractivity (Wildman–Crippen MR) is 76.4 cm³/mol. The third-order valence-corrected chi connectivity index (χ3v) is 3.39. The molecule has 0 unspecified atom stereocenters. The van der Waals surface area contributed by atoms with E-state index < -0.39 is 0 Å². The van der Waals surface area contributed by atoms with Crippen molar-refractivity contribution >= 4 is 28.6 Å². The zero-order valence-corrected chi connectivity index (χ0v) is 11.3. The van der Waals surface area contributed by atoms with Crippen molar-refractivity contribution < 1.29 is 0 Å². The molecule has 2 heterocycles. The lowest BCUT2D eigenvalue weighted by atomic mass is 10.1. The molecule has 96 valence electrons. The Kier molecular flexibility index (Phi) is 2.83. The summed E-state index contributed by atoms with van der Waals surface area (Å²) in [5.74, 6) is 0.545. The average Bonchev–Trinajstić information content (AvgIpc) is 2.89. The Morgan fingerprint density at radius 1 is 1.26 bits per heavy atom. The van der Waals surface area contributed by atoms with Crippen LogP contribution in [0.1, 0.15) is 5.56 Å². The van der Waals surface area contributed by atoms with Gasteiger partial charge in [0.25, 0.3) is 0 Å². The summed E-state index contributed by atoms with van der Waals surface area (Å²) in [4.78, 5) is 8.80. The summed E-state index contributed by atoms with van der Waals surface area (Å²) in [6.45, 7) is 1.97. The fraction of sp³-hybridized carbons (Fsp3) is 0.154.